The first-order chi connectivity index (χ1) is 13.1. The predicted molar refractivity (Wildman–Crippen MR) is 103 cm³/mol. The van der Waals surface area contributed by atoms with Crippen LogP contribution < -0.4 is 0 Å². The van der Waals surface area contributed by atoms with Gasteiger partial charge < -0.3 is 10.2 Å². The molecule has 0 bridgehead atoms. The first-order valence-corrected chi connectivity index (χ1v) is 8.35. The maximum Gasteiger partial charge on any atom is 0.270 e. The van der Waals surface area contributed by atoms with E-state index in [1.165, 1.54) is 24.4 Å². The SMILES string of the molecule is O=[N+]([O-])c1ccc(O)c(C=N[C@H](c2ccccc2)[C@@H](O)c2ccccc2)c1. The van der Waals surface area contributed by atoms with Crippen LogP contribution in [0.4, 0.5) is 5.69 Å². The molecule has 0 amide bonds. The van der Waals surface area contributed by atoms with E-state index >= 15 is 0 Å². The van der Waals surface area contributed by atoms with Gasteiger partial charge in [-0.2, -0.15) is 0 Å². The van der Waals surface area contributed by atoms with Gasteiger partial charge in [0.25, 0.3) is 5.69 Å². The van der Waals surface area contributed by atoms with Gasteiger partial charge in [0.05, 0.1) is 4.92 Å². The lowest BCUT2D eigenvalue weighted by atomic mass is 9.96. The van der Waals surface area contributed by atoms with E-state index in [1.807, 2.05) is 48.5 Å². The Hall–Kier alpha value is -3.51. The zero-order valence-corrected chi connectivity index (χ0v) is 14.3. The van der Waals surface area contributed by atoms with Crippen LogP contribution in [-0.4, -0.2) is 21.4 Å². The molecule has 6 nitrogen and oxygen atoms in total. The average molecular weight is 362 g/mol. The van der Waals surface area contributed by atoms with Gasteiger partial charge in [0, 0.05) is 23.9 Å². The molecule has 6 heteroatoms. The van der Waals surface area contributed by atoms with Crippen molar-refractivity contribution in [2.24, 2.45) is 4.99 Å². The zero-order valence-electron chi connectivity index (χ0n) is 14.3. The third-order valence-corrected chi connectivity index (χ3v) is 4.18. The van der Waals surface area contributed by atoms with E-state index in [4.69, 9.17) is 0 Å². The quantitative estimate of drug-likeness (QED) is 0.390. The van der Waals surface area contributed by atoms with Crippen molar-refractivity contribution < 1.29 is 15.1 Å². The summed E-state index contributed by atoms with van der Waals surface area (Å²) in [6, 6.07) is 21.5. The van der Waals surface area contributed by atoms with Gasteiger partial charge in [-0.15, -0.1) is 0 Å². The van der Waals surface area contributed by atoms with E-state index in [-0.39, 0.29) is 17.0 Å². The van der Waals surface area contributed by atoms with Crippen molar-refractivity contribution in [3.05, 3.63) is 106 Å². The van der Waals surface area contributed by atoms with Gasteiger partial charge in [-0.3, -0.25) is 15.1 Å². The summed E-state index contributed by atoms with van der Waals surface area (Å²) in [5, 5.41) is 31.8. The van der Waals surface area contributed by atoms with Crippen molar-refractivity contribution >= 4 is 11.9 Å². The fourth-order valence-corrected chi connectivity index (χ4v) is 2.75. The van der Waals surface area contributed by atoms with Gasteiger partial charge in [-0.1, -0.05) is 60.7 Å². The number of hydrogen-bond acceptors (Lipinski definition) is 5. The lowest BCUT2D eigenvalue weighted by Crippen LogP contribution is -2.09. The van der Waals surface area contributed by atoms with E-state index in [0.717, 1.165) is 5.56 Å². The van der Waals surface area contributed by atoms with Gasteiger partial charge in [0.15, 0.2) is 0 Å². The number of aliphatic hydroxyl groups is 1. The van der Waals surface area contributed by atoms with Gasteiger partial charge >= 0.3 is 0 Å². The standard InChI is InChI=1S/C21H18N2O4/c24-19-12-11-18(23(26)27)13-17(19)14-22-20(15-7-3-1-4-8-15)21(25)16-9-5-2-6-10-16/h1-14,20-21,24-25H/t20-,21+/m1/s1. The maximum absolute atomic E-state index is 11.0. The summed E-state index contributed by atoms with van der Waals surface area (Å²) in [6.07, 6.45) is 0.442. The molecule has 0 aliphatic rings. The average Bonchev–Trinajstić information content (AvgIpc) is 2.70. The Balaban J connectivity index is 1.98. The monoisotopic (exact) mass is 362 g/mol. The number of nitrogens with zero attached hydrogens (tertiary/aromatic N) is 2. The highest BCUT2D eigenvalue weighted by molar-refractivity contribution is 5.84. The molecule has 0 spiro atoms. The van der Waals surface area contributed by atoms with Crippen LogP contribution in [0.2, 0.25) is 0 Å². The summed E-state index contributed by atoms with van der Waals surface area (Å²) in [5.74, 6) is -0.120. The Kier molecular flexibility index (Phi) is 5.58. The zero-order chi connectivity index (χ0) is 19.2. The molecule has 0 heterocycles. The molecule has 2 N–H and O–H groups in total. The van der Waals surface area contributed by atoms with E-state index in [1.54, 1.807) is 12.1 Å². The van der Waals surface area contributed by atoms with Crippen molar-refractivity contribution in [1.82, 2.24) is 0 Å². The smallest absolute Gasteiger partial charge is 0.270 e. The number of phenols is 1. The number of non-ortho nitro benzene ring substituents is 1. The summed E-state index contributed by atoms with van der Waals surface area (Å²) >= 11 is 0. The first kappa shape index (κ1) is 18.3. The molecular formula is C21H18N2O4. The molecule has 0 aliphatic heterocycles. The molecule has 0 saturated heterocycles. The largest absolute Gasteiger partial charge is 0.507 e. The van der Waals surface area contributed by atoms with Crippen molar-refractivity contribution in [3.8, 4) is 5.75 Å². The molecule has 2 atom stereocenters. The normalized spacial score (nSPS) is 13.4. The van der Waals surface area contributed by atoms with Crippen molar-refractivity contribution in [1.29, 1.82) is 0 Å². The van der Waals surface area contributed by atoms with Crippen LogP contribution in [0.3, 0.4) is 0 Å². The second kappa shape index (κ2) is 8.25. The highest BCUT2D eigenvalue weighted by Crippen LogP contribution is 2.32. The minimum absolute atomic E-state index is 0.120. The molecule has 0 saturated carbocycles. The van der Waals surface area contributed by atoms with Crippen molar-refractivity contribution in [2.45, 2.75) is 12.1 Å². The molecular weight excluding hydrogens is 344 g/mol. The molecule has 27 heavy (non-hydrogen) atoms. The fourth-order valence-electron chi connectivity index (χ4n) is 2.75. The Bertz CT molecular complexity index is 943. The Morgan fingerprint density at radius 1 is 0.926 bits per heavy atom. The summed E-state index contributed by atoms with van der Waals surface area (Å²) in [6.45, 7) is 0. The number of nitro benzene ring substituents is 1. The number of aliphatic imine (C=N–C) groups is 1. The Labute approximate surface area is 156 Å². The van der Waals surface area contributed by atoms with Gasteiger partial charge in [0.2, 0.25) is 0 Å². The van der Waals surface area contributed by atoms with Crippen molar-refractivity contribution in [2.75, 3.05) is 0 Å². The van der Waals surface area contributed by atoms with E-state index in [2.05, 4.69) is 4.99 Å². The molecule has 0 radical (unpaired) electrons. The minimum Gasteiger partial charge on any atom is -0.507 e. The highest BCUT2D eigenvalue weighted by atomic mass is 16.6. The predicted octanol–water partition coefficient (Wildman–Crippen LogP) is 4.19. The number of hydrogen-bond donors (Lipinski definition) is 2. The topological polar surface area (TPSA) is 96.0 Å². The molecule has 0 fully saturated rings. The first-order valence-electron chi connectivity index (χ1n) is 8.35. The van der Waals surface area contributed by atoms with E-state index in [0.29, 0.717) is 5.56 Å². The Morgan fingerprint density at radius 3 is 2.11 bits per heavy atom. The second-order valence-electron chi connectivity index (χ2n) is 5.99. The highest BCUT2D eigenvalue weighted by Gasteiger charge is 2.21. The number of phenolic OH excluding ortho intramolecular Hbond substituents is 1. The minimum atomic E-state index is -0.911. The van der Waals surface area contributed by atoms with Crippen LogP contribution in [0.1, 0.15) is 28.8 Å². The van der Waals surface area contributed by atoms with Crippen LogP contribution >= 0.6 is 0 Å². The summed E-state index contributed by atoms with van der Waals surface area (Å²) < 4.78 is 0. The lowest BCUT2D eigenvalue weighted by Gasteiger charge is -2.20. The number of rotatable bonds is 6. The summed E-state index contributed by atoms with van der Waals surface area (Å²) in [4.78, 5) is 14.9. The van der Waals surface area contributed by atoms with Crippen LogP contribution in [0.15, 0.2) is 83.9 Å². The lowest BCUT2D eigenvalue weighted by molar-refractivity contribution is -0.384. The third kappa shape index (κ3) is 4.37. The third-order valence-electron chi connectivity index (χ3n) is 4.18. The molecule has 3 rings (SSSR count). The van der Waals surface area contributed by atoms with Crippen LogP contribution in [0.25, 0.3) is 0 Å². The molecule has 3 aromatic carbocycles. The second-order valence-corrected chi connectivity index (χ2v) is 5.99. The van der Waals surface area contributed by atoms with Crippen LogP contribution in [-0.2, 0) is 0 Å². The number of aliphatic hydroxyl groups excluding tert-OH is 1. The molecule has 0 aromatic heterocycles. The molecule has 136 valence electrons. The summed E-state index contributed by atoms with van der Waals surface area (Å²) in [7, 11) is 0. The number of aromatic hydroxyl groups is 1. The Morgan fingerprint density at radius 2 is 1.52 bits per heavy atom. The van der Waals surface area contributed by atoms with E-state index in [9.17, 15) is 20.3 Å². The fraction of sp³-hybridized carbons (Fsp3) is 0.0952. The van der Waals surface area contributed by atoms with Crippen molar-refractivity contribution in [3.63, 3.8) is 0 Å². The van der Waals surface area contributed by atoms with E-state index < -0.39 is 17.1 Å². The summed E-state index contributed by atoms with van der Waals surface area (Å²) in [5.41, 5.74) is 1.56. The van der Waals surface area contributed by atoms with Gasteiger partial charge in [0.1, 0.15) is 17.9 Å². The van der Waals surface area contributed by atoms with Gasteiger partial charge in [-0.25, -0.2) is 0 Å². The maximum atomic E-state index is 11.0. The number of nitro groups is 1. The molecule has 0 unspecified atom stereocenters. The van der Waals surface area contributed by atoms with Crippen LogP contribution in [0, 0.1) is 10.1 Å². The molecule has 0 aliphatic carbocycles. The van der Waals surface area contributed by atoms with Gasteiger partial charge in [-0.05, 0) is 17.2 Å². The molecule has 3 aromatic rings. The number of benzene rings is 3. The van der Waals surface area contributed by atoms with Crippen LogP contribution in [0.5, 0.6) is 5.75 Å².